The molecule has 0 aromatic carbocycles. The van der Waals surface area contributed by atoms with Crippen LogP contribution in [0.15, 0.2) is 0 Å². The maximum absolute atomic E-state index is 10.6. The first kappa shape index (κ1) is 15.4. The van der Waals surface area contributed by atoms with E-state index in [9.17, 15) is 4.79 Å². The number of unbranched alkanes of at least 4 members (excludes halogenated alkanes) is 4. The number of rotatable bonds is 6. The predicted octanol–water partition coefficient (Wildman–Crippen LogP) is 0.317. The summed E-state index contributed by atoms with van der Waals surface area (Å²) < 4.78 is 4.33. The Kier molecular flexibility index (Phi) is 15.4. The van der Waals surface area contributed by atoms with Crippen molar-refractivity contribution in [2.75, 3.05) is 0 Å². The molecule has 0 saturated heterocycles. The molecule has 0 aliphatic rings. The van der Waals surface area contributed by atoms with Crippen molar-refractivity contribution in [3.05, 3.63) is 0 Å². The van der Waals surface area contributed by atoms with E-state index in [4.69, 9.17) is 0 Å². The van der Waals surface area contributed by atoms with Gasteiger partial charge in [-0.2, -0.15) is 0 Å². The molecular formula is C8H16BrNaO2. The normalized spacial score (nSPS) is 8.83. The van der Waals surface area contributed by atoms with Crippen molar-refractivity contribution in [1.82, 2.24) is 0 Å². The van der Waals surface area contributed by atoms with Gasteiger partial charge in [0.05, 0.1) is 0 Å². The molecule has 0 radical (unpaired) electrons. The fourth-order valence-electron chi connectivity index (χ4n) is 0.911. The summed E-state index contributed by atoms with van der Waals surface area (Å²) in [5.74, 6) is -0.165. The second-order valence-electron chi connectivity index (χ2n) is 2.61. The topological polar surface area (TPSA) is 26.3 Å². The minimum Gasteiger partial charge on any atom is -1.00 e. The predicted molar refractivity (Wildman–Crippen MR) is 49.5 cm³/mol. The molecule has 0 N–H and O–H groups in total. The van der Waals surface area contributed by atoms with Gasteiger partial charge >= 0.3 is 35.5 Å². The Morgan fingerprint density at radius 1 is 1.33 bits per heavy atom. The molecule has 0 aliphatic carbocycles. The third-order valence-corrected chi connectivity index (χ3v) is 1.93. The zero-order chi connectivity index (χ0) is 8.53. The maximum Gasteiger partial charge on any atom is 1.00 e. The van der Waals surface area contributed by atoms with E-state index in [1.165, 1.54) is 19.3 Å². The maximum atomic E-state index is 10.6. The van der Waals surface area contributed by atoms with Gasteiger partial charge in [0.1, 0.15) is 0 Å². The van der Waals surface area contributed by atoms with Gasteiger partial charge in [0, 0.05) is 6.42 Å². The summed E-state index contributed by atoms with van der Waals surface area (Å²) in [6, 6.07) is 0. The molecule has 4 heteroatoms. The van der Waals surface area contributed by atoms with E-state index in [1.54, 1.807) is 0 Å². The van der Waals surface area contributed by atoms with E-state index in [1.807, 2.05) is 0 Å². The summed E-state index contributed by atoms with van der Waals surface area (Å²) >= 11 is 2.65. The molecule has 0 aromatic rings. The summed E-state index contributed by atoms with van der Waals surface area (Å²) in [5.41, 5.74) is 0. The number of halogens is 1. The summed E-state index contributed by atoms with van der Waals surface area (Å²) in [6.45, 7) is 2.17. The van der Waals surface area contributed by atoms with Crippen LogP contribution in [0.25, 0.3) is 0 Å². The Morgan fingerprint density at radius 2 is 1.92 bits per heavy atom. The van der Waals surface area contributed by atoms with Gasteiger partial charge in [0.2, 0.25) is 0 Å². The van der Waals surface area contributed by atoms with Crippen LogP contribution in [-0.2, 0) is 8.62 Å². The van der Waals surface area contributed by atoms with Crippen molar-refractivity contribution in [2.24, 2.45) is 0 Å². The molecule has 0 unspecified atom stereocenters. The van der Waals surface area contributed by atoms with Gasteiger partial charge in [-0.05, 0) is 6.42 Å². The second-order valence-corrected chi connectivity index (χ2v) is 2.94. The monoisotopic (exact) mass is 246 g/mol. The molecule has 0 heterocycles. The van der Waals surface area contributed by atoms with E-state index in [0.717, 1.165) is 12.8 Å². The van der Waals surface area contributed by atoms with Crippen molar-refractivity contribution in [3.63, 3.8) is 0 Å². The zero-order valence-corrected chi connectivity index (χ0v) is 11.5. The molecular weight excluding hydrogens is 231 g/mol. The molecule has 0 fully saturated rings. The fourth-order valence-corrected chi connectivity index (χ4v) is 1.07. The Balaban J connectivity index is -0.000000500. The number of hydrogen-bond acceptors (Lipinski definition) is 2. The van der Waals surface area contributed by atoms with Crippen LogP contribution < -0.4 is 29.6 Å². The first-order chi connectivity index (χ1) is 5.31. The summed E-state index contributed by atoms with van der Waals surface area (Å²) in [6.07, 6.45) is 6.35. The van der Waals surface area contributed by atoms with E-state index in [-0.39, 0.29) is 37.0 Å². The largest absolute Gasteiger partial charge is 1.00 e. The van der Waals surface area contributed by atoms with Crippen molar-refractivity contribution < 1.29 is 39.6 Å². The Labute approximate surface area is 107 Å². The van der Waals surface area contributed by atoms with Gasteiger partial charge in [-0.1, -0.05) is 32.6 Å². The van der Waals surface area contributed by atoms with Crippen LogP contribution >= 0.6 is 16.3 Å². The Hall–Kier alpha value is 0.950. The van der Waals surface area contributed by atoms with Gasteiger partial charge in [-0.3, -0.25) is 4.79 Å². The molecule has 0 atom stereocenters. The summed E-state index contributed by atoms with van der Waals surface area (Å²) in [7, 11) is 0. The quantitative estimate of drug-likeness (QED) is 0.499. The zero-order valence-electron chi connectivity index (χ0n) is 8.94. The molecule has 0 amide bonds. The van der Waals surface area contributed by atoms with Gasteiger partial charge in [-0.15, -0.1) is 0 Å². The van der Waals surface area contributed by atoms with Crippen LogP contribution in [0.1, 0.15) is 46.9 Å². The van der Waals surface area contributed by atoms with Gasteiger partial charge < -0.3 is 5.25 Å². The van der Waals surface area contributed by atoms with Gasteiger partial charge in [-0.25, -0.2) is 0 Å². The Bertz CT molecular complexity index is 114. The second kappa shape index (κ2) is 11.9. The number of carbonyl (C=O) groups is 1. The van der Waals surface area contributed by atoms with E-state index < -0.39 is 0 Å². The molecule has 12 heavy (non-hydrogen) atoms. The molecule has 0 aromatic heterocycles. The van der Waals surface area contributed by atoms with Crippen LogP contribution in [0.4, 0.5) is 0 Å². The van der Waals surface area contributed by atoms with Crippen LogP contribution in [0, 0.1) is 0 Å². The van der Waals surface area contributed by atoms with Crippen LogP contribution in [-0.4, -0.2) is 5.97 Å². The van der Waals surface area contributed by atoms with Crippen LogP contribution in [0.2, 0.25) is 0 Å². The number of carbonyl (C=O) groups excluding carboxylic acids is 1. The van der Waals surface area contributed by atoms with Crippen LogP contribution in [0.3, 0.4) is 0 Å². The molecule has 0 aliphatic heterocycles. The average molecular weight is 247 g/mol. The average Bonchev–Trinajstić information content (AvgIpc) is 2.04. The standard InChI is InChI=1S/C8H15BrO2.Na.H/c1-2-3-4-5-6-7-8(10)11-9;;/h2-7H2,1H3;;/q;+1;-1. The third-order valence-electron chi connectivity index (χ3n) is 1.57. The van der Waals surface area contributed by atoms with Crippen LogP contribution in [0.5, 0.6) is 0 Å². The van der Waals surface area contributed by atoms with E-state index in [2.05, 4.69) is 27.0 Å². The first-order valence-electron chi connectivity index (χ1n) is 4.12. The SMILES string of the molecule is CCCCCCCC(=O)OBr.[H-].[Na+]. The molecule has 0 bridgehead atoms. The van der Waals surface area contributed by atoms with Crippen molar-refractivity contribution >= 4 is 22.2 Å². The van der Waals surface area contributed by atoms with E-state index >= 15 is 0 Å². The van der Waals surface area contributed by atoms with E-state index in [0.29, 0.717) is 6.42 Å². The molecule has 0 spiro atoms. The molecule has 0 saturated carbocycles. The third kappa shape index (κ3) is 11.0. The first-order valence-corrected chi connectivity index (χ1v) is 4.77. The fraction of sp³-hybridized carbons (Fsp3) is 0.875. The van der Waals surface area contributed by atoms with Gasteiger partial charge in [0.15, 0.2) is 16.3 Å². The molecule has 0 rings (SSSR count). The molecule has 68 valence electrons. The van der Waals surface area contributed by atoms with Crippen molar-refractivity contribution in [1.29, 1.82) is 0 Å². The number of hydrogen-bond donors (Lipinski definition) is 0. The van der Waals surface area contributed by atoms with Crippen molar-refractivity contribution in [3.8, 4) is 0 Å². The minimum absolute atomic E-state index is 0. The smallest absolute Gasteiger partial charge is 1.00 e. The minimum atomic E-state index is -0.165. The van der Waals surface area contributed by atoms with Gasteiger partial charge in [0.25, 0.3) is 0 Å². The Morgan fingerprint density at radius 3 is 2.42 bits per heavy atom. The van der Waals surface area contributed by atoms with Crippen molar-refractivity contribution in [2.45, 2.75) is 45.4 Å². The summed E-state index contributed by atoms with van der Waals surface area (Å²) in [4.78, 5) is 10.6. The molecule has 2 nitrogen and oxygen atoms in total. The summed E-state index contributed by atoms with van der Waals surface area (Å²) in [5, 5.41) is 0.